The zero-order valence-electron chi connectivity index (χ0n) is 21.2. The smallest absolute Gasteiger partial charge is 0.328 e. The summed E-state index contributed by atoms with van der Waals surface area (Å²) in [4.78, 5) is 13.4. The number of benzene rings is 3. The summed E-state index contributed by atoms with van der Waals surface area (Å²) in [7, 11) is 0. The molecule has 1 atom stereocenters. The first-order valence-electron chi connectivity index (χ1n) is 12.8. The van der Waals surface area contributed by atoms with Crippen molar-refractivity contribution in [2.24, 2.45) is 0 Å². The number of allylic oxidation sites excluding steroid dienone is 2. The van der Waals surface area contributed by atoms with Crippen LogP contribution in [0.3, 0.4) is 0 Å². The molecule has 3 aromatic carbocycles. The largest absolute Gasteiger partial charge is 0.478 e. The third-order valence-electron chi connectivity index (χ3n) is 7.42. The Labute approximate surface area is 217 Å². The summed E-state index contributed by atoms with van der Waals surface area (Å²) in [5.41, 5.74) is 9.10. The first kappa shape index (κ1) is 24.7. The fourth-order valence-electron chi connectivity index (χ4n) is 5.31. The molecule has 2 N–H and O–H groups in total. The van der Waals surface area contributed by atoms with Gasteiger partial charge in [0, 0.05) is 36.1 Å². The van der Waals surface area contributed by atoms with Crippen LogP contribution in [0.1, 0.15) is 60.4 Å². The molecule has 0 saturated heterocycles. The monoisotopic (exact) mass is 494 g/mol. The normalized spacial score (nSPS) is 17.6. The van der Waals surface area contributed by atoms with Gasteiger partial charge in [0.05, 0.1) is 0 Å². The number of carboxylic acids is 1. The van der Waals surface area contributed by atoms with Crippen molar-refractivity contribution in [3.63, 3.8) is 0 Å². The van der Waals surface area contributed by atoms with Crippen LogP contribution in [0.15, 0.2) is 66.7 Å². The number of fused-ring (bicyclic) bond motifs is 1. The van der Waals surface area contributed by atoms with Gasteiger partial charge < -0.3 is 15.4 Å². The molecule has 37 heavy (non-hydrogen) atoms. The number of halogens is 1. The summed E-state index contributed by atoms with van der Waals surface area (Å²) < 4.78 is 14.7. The van der Waals surface area contributed by atoms with Crippen molar-refractivity contribution in [2.75, 3.05) is 4.90 Å². The molecule has 1 saturated carbocycles. The first-order chi connectivity index (χ1) is 17.9. The van der Waals surface area contributed by atoms with E-state index < -0.39 is 5.97 Å². The van der Waals surface area contributed by atoms with Gasteiger partial charge in [0.15, 0.2) is 0 Å². The maximum absolute atomic E-state index is 14.7. The predicted molar refractivity (Wildman–Crippen MR) is 149 cm³/mol. The Kier molecular flexibility index (Phi) is 6.79. The van der Waals surface area contributed by atoms with Crippen molar-refractivity contribution >= 4 is 29.5 Å². The maximum atomic E-state index is 14.7. The van der Waals surface area contributed by atoms with E-state index in [1.807, 2.05) is 19.1 Å². The van der Waals surface area contributed by atoms with Gasteiger partial charge in [-0.1, -0.05) is 30.3 Å². The second-order valence-electron chi connectivity index (χ2n) is 10.0. The van der Waals surface area contributed by atoms with E-state index in [0.717, 1.165) is 47.0 Å². The summed E-state index contributed by atoms with van der Waals surface area (Å²) in [5, 5.41) is 16.7. The van der Waals surface area contributed by atoms with E-state index in [9.17, 15) is 9.18 Å². The minimum Gasteiger partial charge on any atom is -0.478 e. The zero-order chi connectivity index (χ0) is 26.1. The fourth-order valence-corrected chi connectivity index (χ4v) is 5.31. The van der Waals surface area contributed by atoms with Gasteiger partial charge in [-0.05, 0) is 114 Å². The molecular weight excluding hydrogens is 463 g/mol. The Morgan fingerprint density at radius 1 is 1.08 bits per heavy atom. The average molecular weight is 495 g/mol. The standard InChI is InChI=1S/C32H31FN2O2/c1-3-22(18-34)24-7-8-26-19-35(20(2)12-27(26)15-24)31-10-9-25(23-5-6-23)17-30(31)28-13-21(4-11-32(36)37)14-29(33)16-28/h3-4,7-11,13-18,20,23,34H,5-6,12,19H2,1-2H3,(H,36,37)/b11-4+,22-3+,34-18?/t20-/m0/s1. The molecular formula is C32H31FN2O2. The van der Waals surface area contributed by atoms with E-state index in [2.05, 4.69) is 48.2 Å². The molecule has 2 aliphatic rings. The molecule has 3 aromatic rings. The Morgan fingerprint density at radius 2 is 1.89 bits per heavy atom. The van der Waals surface area contributed by atoms with E-state index >= 15 is 0 Å². The summed E-state index contributed by atoms with van der Waals surface area (Å²) in [6, 6.07) is 18.0. The molecule has 1 aliphatic heterocycles. The van der Waals surface area contributed by atoms with E-state index in [1.54, 1.807) is 6.07 Å². The van der Waals surface area contributed by atoms with E-state index in [-0.39, 0.29) is 11.9 Å². The number of carbonyl (C=O) groups is 1. The van der Waals surface area contributed by atoms with Crippen molar-refractivity contribution in [3.8, 4) is 11.1 Å². The van der Waals surface area contributed by atoms with Crippen LogP contribution in [-0.2, 0) is 17.8 Å². The van der Waals surface area contributed by atoms with Crippen LogP contribution in [0.5, 0.6) is 0 Å². The lowest BCUT2D eigenvalue weighted by molar-refractivity contribution is -0.131. The van der Waals surface area contributed by atoms with E-state index in [0.29, 0.717) is 11.5 Å². The lowest BCUT2D eigenvalue weighted by Crippen LogP contribution is -2.38. The third kappa shape index (κ3) is 5.26. The quantitative estimate of drug-likeness (QED) is 0.264. The Hall–Kier alpha value is -3.99. The number of aliphatic carboxylic acids is 1. The first-order valence-corrected chi connectivity index (χ1v) is 12.8. The lowest BCUT2D eigenvalue weighted by atomic mass is 9.89. The highest BCUT2D eigenvalue weighted by Crippen LogP contribution is 2.44. The van der Waals surface area contributed by atoms with Gasteiger partial charge in [-0.15, -0.1) is 0 Å². The van der Waals surface area contributed by atoms with Gasteiger partial charge in [-0.2, -0.15) is 0 Å². The highest BCUT2D eigenvalue weighted by molar-refractivity contribution is 6.08. The Balaban J connectivity index is 1.56. The molecule has 0 bridgehead atoms. The van der Waals surface area contributed by atoms with Gasteiger partial charge in [-0.25, -0.2) is 9.18 Å². The van der Waals surface area contributed by atoms with E-state index in [4.69, 9.17) is 10.5 Å². The van der Waals surface area contributed by atoms with Crippen LogP contribution in [0.25, 0.3) is 22.8 Å². The molecule has 1 fully saturated rings. The molecule has 0 unspecified atom stereocenters. The van der Waals surface area contributed by atoms with Gasteiger partial charge in [0.2, 0.25) is 0 Å². The fraction of sp³-hybridized carbons (Fsp3) is 0.250. The maximum Gasteiger partial charge on any atom is 0.328 e. The number of carboxylic acid groups (broad SMARTS) is 1. The minimum atomic E-state index is -1.06. The van der Waals surface area contributed by atoms with Crippen LogP contribution in [-0.4, -0.2) is 23.3 Å². The van der Waals surface area contributed by atoms with Crippen molar-refractivity contribution < 1.29 is 14.3 Å². The van der Waals surface area contributed by atoms with Gasteiger partial charge in [-0.3, -0.25) is 0 Å². The van der Waals surface area contributed by atoms with Crippen LogP contribution < -0.4 is 4.90 Å². The van der Waals surface area contributed by atoms with Crippen LogP contribution in [0.2, 0.25) is 0 Å². The molecule has 5 rings (SSSR count). The highest BCUT2D eigenvalue weighted by atomic mass is 19.1. The second kappa shape index (κ2) is 10.2. The van der Waals surface area contributed by atoms with E-state index in [1.165, 1.54) is 47.9 Å². The SMILES string of the molecule is C/C=C(\C=N)c1ccc2c(c1)C[C@H](C)N(c1ccc(C3CC3)cc1-c1cc(F)cc(/C=C/C(=O)O)c1)C2. The van der Waals surface area contributed by atoms with Gasteiger partial charge in [0.1, 0.15) is 5.82 Å². The lowest BCUT2D eigenvalue weighted by Gasteiger charge is -2.38. The van der Waals surface area contributed by atoms with Crippen molar-refractivity contribution in [2.45, 2.75) is 51.6 Å². The van der Waals surface area contributed by atoms with Crippen molar-refractivity contribution in [1.82, 2.24) is 0 Å². The molecule has 0 aromatic heterocycles. The average Bonchev–Trinajstić information content (AvgIpc) is 3.73. The minimum absolute atomic E-state index is 0.224. The number of rotatable bonds is 7. The van der Waals surface area contributed by atoms with Gasteiger partial charge >= 0.3 is 5.97 Å². The molecule has 4 nitrogen and oxygen atoms in total. The Morgan fingerprint density at radius 3 is 2.59 bits per heavy atom. The van der Waals surface area contributed by atoms with Crippen LogP contribution in [0, 0.1) is 11.2 Å². The summed E-state index contributed by atoms with van der Waals surface area (Å²) in [6.45, 7) is 4.91. The molecule has 5 heteroatoms. The van der Waals surface area contributed by atoms with Crippen LogP contribution in [0.4, 0.5) is 10.1 Å². The number of hydrogen-bond acceptors (Lipinski definition) is 3. The van der Waals surface area contributed by atoms with Crippen LogP contribution >= 0.6 is 0 Å². The Bertz CT molecular complexity index is 1430. The summed E-state index contributed by atoms with van der Waals surface area (Å²) in [5.74, 6) is -0.894. The number of anilines is 1. The van der Waals surface area contributed by atoms with Gasteiger partial charge in [0.25, 0.3) is 0 Å². The molecule has 188 valence electrons. The summed E-state index contributed by atoms with van der Waals surface area (Å²) in [6.07, 6.45) is 9.05. The second-order valence-corrected chi connectivity index (χ2v) is 10.0. The molecule has 0 amide bonds. The number of hydrogen-bond donors (Lipinski definition) is 2. The molecule has 1 heterocycles. The number of nitrogens with one attached hydrogen (secondary N) is 1. The summed E-state index contributed by atoms with van der Waals surface area (Å²) >= 11 is 0. The number of nitrogens with zero attached hydrogens (tertiary/aromatic N) is 1. The predicted octanol–water partition coefficient (Wildman–Crippen LogP) is 7.47. The molecule has 0 radical (unpaired) electrons. The zero-order valence-corrected chi connectivity index (χ0v) is 21.2. The third-order valence-corrected chi connectivity index (χ3v) is 7.42. The van der Waals surface area contributed by atoms with Crippen molar-refractivity contribution in [3.05, 3.63) is 100 Å². The highest BCUT2D eigenvalue weighted by Gasteiger charge is 2.28. The topological polar surface area (TPSA) is 64.4 Å². The molecule has 1 aliphatic carbocycles. The van der Waals surface area contributed by atoms with Crippen molar-refractivity contribution in [1.29, 1.82) is 5.41 Å². The molecule has 0 spiro atoms.